The lowest BCUT2D eigenvalue weighted by Crippen LogP contribution is -2.26. The Hall–Kier alpha value is -3.79. The molecule has 1 atom stereocenters. The van der Waals surface area contributed by atoms with E-state index < -0.39 is 0 Å². The van der Waals surface area contributed by atoms with Crippen LogP contribution in [0.3, 0.4) is 0 Å². The first-order valence-corrected chi connectivity index (χ1v) is 12.2. The number of nitrogens with zero attached hydrogens (tertiary/aromatic N) is 4. The maximum absolute atomic E-state index is 12.8. The molecule has 0 saturated heterocycles. The van der Waals surface area contributed by atoms with Crippen molar-refractivity contribution in [1.82, 2.24) is 14.1 Å². The summed E-state index contributed by atoms with van der Waals surface area (Å²) in [6.07, 6.45) is 9.34. The lowest BCUT2D eigenvalue weighted by molar-refractivity contribution is 0.707. The molecule has 0 aliphatic carbocycles. The molecule has 2 aromatic carbocycles. The molecule has 0 spiro atoms. The number of halogens is 1. The SMILES string of the molecule is C#Cc1cccc(-c2cc(=O)n(C)c3ccc(C(c4cncn4C)N(C)c4ccc(Cl)s4)cc23)c1. The maximum atomic E-state index is 12.8. The third-order valence-corrected chi connectivity index (χ3v) is 7.68. The van der Waals surface area contributed by atoms with Crippen LogP contribution < -0.4 is 10.5 Å². The number of aromatic nitrogens is 3. The molecule has 0 aliphatic heterocycles. The van der Waals surface area contributed by atoms with Crippen LogP contribution in [0, 0.1) is 12.3 Å². The van der Waals surface area contributed by atoms with Crippen LogP contribution in [-0.2, 0) is 14.1 Å². The summed E-state index contributed by atoms with van der Waals surface area (Å²) < 4.78 is 4.44. The van der Waals surface area contributed by atoms with Gasteiger partial charge in [-0.2, -0.15) is 0 Å². The number of imidazole rings is 1. The maximum Gasteiger partial charge on any atom is 0.251 e. The van der Waals surface area contributed by atoms with Gasteiger partial charge in [-0.1, -0.05) is 35.7 Å². The second kappa shape index (κ2) is 9.10. The third kappa shape index (κ3) is 4.14. The molecule has 0 fully saturated rings. The van der Waals surface area contributed by atoms with E-state index in [4.69, 9.17) is 18.0 Å². The molecular formula is C28H23ClN4OS. The standard InChI is InChI=1S/C28H23ClN4OS/c1-5-18-7-6-8-19(13-18)21-15-26(34)32(3)23-10-9-20(14-22(21)23)28(24-16-30-17-31(24)2)33(4)27-12-11-25(29)35-27/h1,6-17,28H,2-4H3. The van der Waals surface area contributed by atoms with Crippen LogP contribution in [0.5, 0.6) is 0 Å². The second-order valence-corrected chi connectivity index (χ2v) is 10.2. The predicted molar refractivity (Wildman–Crippen MR) is 145 cm³/mol. The second-order valence-electron chi connectivity index (χ2n) is 8.48. The molecule has 35 heavy (non-hydrogen) atoms. The molecule has 7 heteroatoms. The Balaban J connectivity index is 1.76. The van der Waals surface area contributed by atoms with Crippen molar-refractivity contribution < 1.29 is 0 Å². The molecular weight excluding hydrogens is 476 g/mol. The van der Waals surface area contributed by atoms with Gasteiger partial charge in [0.05, 0.1) is 39.1 Å². The minimum Gasteiger partial charge on any atom is -0.354 e. The van der Waals surface area contributed by atoms with E-state index in [9.17, 15) is 4.79 Å². The van der Waals surface area contributed by atoms with Crippen molar-refractivity contribution in [3.63, 3.8) is 0 Å². The smallest absolute Gasteiger partial charge is 0.251 e. The summed E-state index contributed by atoms with van der Waals surface area (Å²) in [5, 5.41) is 2.02. The predicted octanol–water partition coefficient (Wildman–Crippen LogP) is 5.86. The van der Waals surface area contributed by atoms with Crippen LogP contribution in [0.25, 0.3) is 22.0 Å². The Labute approximate surface area is 212 Å². The van der Waals surface area contributed by atoms with Gasteiger partial charge < -0.3 is 14.0 Å². The molecule has 0 aliphatic rings. The summed E-state index contributed by atoms with van der Waals surface area (Å²) in [6, 6.07) is 19.5. The van der Waals surface area contributed by atoms with Crippen LogP contribution in [0.2, 0.25) is 4.34 Å². The van der Waals surface area contributed by atoms with Crippen LogP contribution in [0.4, 0.5) is 5.00 Å². The number of hydrogen-bond acceptors (Lipinski definition) is 4. The van der Waals surface area contributed by atoms with Crippen LogP contribution in [0.15, 0.2) is 78.0 Å². The van der Waals surface area contributed by atoms with Crippen molar-refractivity contribution in [3.8, 4) is 23.5 Å². The van der Waals surface area contributed by atoms with Gasteiger partial charge in [0.25, 0.3) is 5.56 Å². The Morgan fingerprint density at radius 2 is 1.94 bits per heavy atom. The highest BCUT2D eigenvalue weighted by molar-refractivity contribution is 7.19. The zero-order valence-corrected chi connectivity index (χ0v) is 21.1. The Morgan fingerprint density at radius 3 is 2.63 bits per heavy atom. The van der Waals surface area contributed by atoms with E-state index in [2.05, 4.69) is 35.0 Å². The minimum absolute atomic E-state index is 0.0695. The first-order valence-electron chi connectivity index (χ1n) is 11.0. The van der Waals surface area contributed by atoms with E-state index in [1.54, 1.807) is 24.0 Å². The third-order valence-electron chi connectivity index (χ3n) is 6.35. The molecule has 0 bridgehead atoms. The van der Waals surface area contributed by atoms with Gasteiger partial charge in [0.15, 0.2) is 0 Å². The lowest BCUT2D eigenvalue weighted by atomic mass is 9.95. The monoisotopic (exact) mass is 498 g/mol. The topological polar surface area (TPSA) is 43.1 Å². The fourth-order valence-electron chi connectivity index (χ4n) is 4.51. The summed E-state index contributed by atoms with van der Waals surface area (Å²) >= 11 is 7.79. The summed E-state index contributed by atoms with van der Waals surface area (Å²) in [7, 11) is 5.85. The number of terminal acetylenes is 1. The molecule has 5 rings (SSSR count). The number of thiophene rings is 1. The van der Waals surface area contributed by atoms with Crippen molar-refractivity contribution in [3.05, 3.63) is 105 Å². The van der Waals surface area contributed by atoms with Gasteiger partial charge in [-0.15, -0.1) is 17.8 Å². The van der Waals surface area contributed by atoms with E-state index >= 15 is 0 Å². The molecule has 0 amide bonds. The fourth-order valence-corrected chi connectivity index (χ4v) is 5.53. The zero-order valence-electron chi connectivity index (χ0n) is 19.6. The molecule has 5 aromatic rings. The number of anilines is 1. The Morgan fingerprint density at radius 1 is 1.11 bits per heavy atom. The van der Waals surface area contributed by atoms with E-state index in [-0.39, 0.29) is 11.6 Å². The minimum atomic E-state index is -0.122. The molecule has 174 valence electrons. The number of pyridine rings is 1. The summed E-state index contributed by atoms with van der Waals surface area (Å²) in [5.74, 6) is 2.69. The van der Waals surface area contributed by atoms with Gasteiger partial charge in [0.2, 0.25) is 0 Å². The van der Waals surface area contributed by atoms with Crippen LogP contribution >= 0.6 is 22.9 Å². The first kappa shape index (κ1) is 23.0. The van der Waals surface area contributed by atoms with Crippen molar-refractivity contribution in [1.29, 1.82) is 0 Å². The molecule has 0 N–H and O–H groups in total. The van der Waals surface area contributed by atoms with Crippen molar-refractivity contribution >= 4 is 38.8 Å². The van der Waals surface area contributed by atoms with Crippen molar-refractivity contribution in [2.24, 2.45) is 14.1 Å². The number of hydrogen-bond donors (Lipinski definition) is 0. The summed E-state index contributed by atoms with van der Waals surface area (Å²) in [6.45, 7) is 0. The van der Waals surface area contributed by atoms with Gasteiger partial charge >= 0.3 is 0 Å². The number of rotatable bonds is 5. The number of benzene rings is 2. The van der Waals surface area contributed by atoms with E-state index in [0.29, 0.717) is 0 Å². The van der Waals surface area contributed by atoms with Crippen molar-refractivity contribution in [2.75, 3.05) is 11.9 Å². The number of aryl methyl sites for hydroxylation is 2. The lowest BCUT2D eigenvalue weighted by Gasteiger charge is -2.30. The largest absolute Gasteiger partial charge is 0.354 e. The highest BCUT2D eigenvalue weighted by Crippen LogP contribution is 2.38. The van der Waals surface area contributed by atoms with E-state index in [0.717, 1.165) is 48.2 Å². The van der Waals surface area contributed by atoms with Crippen LogP contribution in [0.1, 0.15) is 22.9 Å². The fraction of sp³-hybridized carbons (Fsp3) is 0.143. The first-order chi connectivity index (χ1) is 16.9. The van der Waals surface area contributed by atoms with Crippen LogP contribution in [-0.4, -0.2) is 21.2 Å². The molecule has 3 aromatic heterocycles. The van der Waals surface area contributed by atoms with Gasteiger partial charge in [-0.3, -0.25) is 4.79 Å². The molecule has 5 nitrogen and oxygen atoms in total. The quantitative estimate of drug-likeness (QED) is 0.285. The average Bonchev–Trinajstić information content (AvgIpc) is 3.49. The van der Waals surface area contributed by atoms with Gasteiger partial charge in [0, 0.05) is 38.2 Å². The molecule has 0 radical (unpaired) electrons. The zero-order chi connectivity index (χ0) is 24.7. The Bertz CT molecular complexity index is 1660. The normalized spacial score (nSPS) is 12.0. The van der Waals surface area contributed by atoms with Gasteiger partial charge in [-0.05, 0) is 53.1 Å². The summed E-state index contributed by atoms with van der Waals surface area (Å²) in [4.78, 5) is 19.4. The highest BCUT2D eigenvalue weighted by atomic mass is 35.5. The average molecular weight is 499 g/mol. The Kier molecular flexibility index (Phi) is 5.98. The van der Waals surface area contributed by atoms with Gasteiger partial charge in [0.1, 0.15) is 0 Å². The van der Waals surface area contributed by atoms with E-state index in [1.165, 1.54) is 11.3 Å². The molecule has 3 heterocycles. The highest BCUT2D eigenvalue weighted by Gasteiger charge is 2.25. The number of fused-ring (bicyclic) bond motifs is 1. The molecule has 0 saturated carbocycles. The van der Waals surface area contributed by atoms with E-state index in [1.807, 2.05) is 60.3 Å². The van der Waals surface area contributed by atoms with Crippen molar-refractivity contribution in [2.45, 2.75) is 6.04 Å². The summed E-state index contributed by atoms with van der Waals surface area (Å²) in [5.41, 5.74) is 5.43. The van der Waals surface area contributed by atoms with Gasteiger partial charge in [-0.25, -0.2) is 4.98 Å². The molecule has 1 unspecified atom stereocenters.